The van der Waals surface area contributed by atoms with Crippen molar-refractivity contribution in [2.24, 2.45) is 0 Å². The minimum Gasteiger partial charge on any atom is -0.497 e. The number of hydrogen-bond donors (Lipinski definition) is 0. The van der Waals surface area contributed by atoms with E-state index in [9.17, 15) is 22.8 Å². The van der Waals surface area contributed by atoms with Crippen LogP contribution in [0.4, 0.5) is 13.2 Å². The Morgan fingerprint density at radius 2 is 1.20 bits per heavy atom. The van der Waals surface area contributed by atoms with Crippen LogP contribution < -0.4 is 14.2 Å². The second-order valence-corrected chi connectivity index (χ2v) is 7.53. The molecule has 6 nitrogen and oxygen atoms in total. The number of carbonyl (C=O) groups excluding carboxylic acids is 2. The van der Waals surface area contributed by atoms with Gasteiger partial charge in [-0.15, -0.1) is 0 Å². The normalized spacial score (nSPS) is 12.9. The van der Waals surface area contributed by atoms with Gasteiger partial charge in [0, 0.05) is 5.56 Å². The molecule has 0 radical (unpaired) electrons. The highest BCUT2D eigenvalue weighted by Crippen LogP contribution is 2.31. The minimum absolute atomic E-state index is 0.235. The largest absolute Gasteiger partial charge is 0.497 e. The number of halogens is 3. The molecule has 0 aliphatic heterocycles. The molecule has 0 aliphatic carbocycles. The molecule has 0 bridgehead atoms. The molecular formula is C26H23F3O6. The van der Waals surface area contributed by atoms with Gasteiger partial charge in [0.1, 0.15) is 23.0 Å². The molecule has 0 saturated carbocycles. The van der Waals surface area contributed by atoms with E-state index in [0.29, 0.717) is 22.8 Å². The molecule has 2 atom stereocenters. The summed E-state index contributed by atoms with van der Waals surface area (Å²) in [7, 11) is 1.52. The third kappa shape index (κ3) is 6.99. The zero-order chi connectivity index (χ0) is 25.6. The summed E-state index contributed by atoms with van der Waals surface area (Å²) < 4.78 is 59.4. The van der Waals surface area contributed by atoms with E-state index in [4.69, 9.17) is 18.9 Å². The van der Waals surface area contributed by atoms with Crippen LogP contribution in [0.5, 0.6) is 23.0 Å². The summed E-state index contributed by atoms with van der Waals surface area (Å²) >= 11 is 0. The summed E-state index contributed by atoms with van der Waals surface area (Å²) in [4.78, 5) is 24.9. The van der Waals surface area contributed by atoms with Crippen molar-refractivity contribution in [2.75, 3.05) is 7.11 Å². The first kappa shape index (κ1) is 25.6. The summed E-state index contributed by atoms with van der Waals surface area (Å²) in [5.41, 5.74) is -0.391. The number of Topliss-reactive ketones (excluding diaryl/α,β-unsaturated/α-hetero) is 1. The summed E-state index contributed by atoms with van der Waals surface area (Å²) in [6, 6.07) is 16.9. The number of rotatable bonds is 9. The van der Waals surface area contributed by atoms with Crippen LogP contribution in [0.1, 0.15) is 29.8 Å². The summed E-state index contributed by atoms with van der Waals surface area (Å²) in [5.74, 6) is 0.458. The Bertz CT molecular complexity index is 1140. The van der Waals surface area contributed by atoms with E-state index in [-0.39, 0.29) is 11.5 Å². The van der Waals surface area contributed by atoms with Crippen LogP contribution in [-0.4, -0.2) is 31.1 Å². The van der Waals surface area contributed by atoms with E-state index in [1.807, 2.05) is 0 Å². The van der Waals surface area contributed by atoms with Crippen molar-refractivity contribution in [2.45, 2.75) is 32.2 Å². The lowest BCUT2D eigenvalue weighted by atomic mass is 10.1. The number of ether oxygens (including phenoxy) is 4. The van der Waals surface area contributed by atoms with Crippen LogP contribution in [0.25, 0.3) is 0 Å². The van der Waals surface area contributed by atoms with Crippen LogP contribution in [0, 0.1) is 0 Å². The highest BCUT2D eigenvalue weighted by molar-refractivity contribution is 6.00. The highest BCUT2D eigenvalue weighted by atomic mass is 19.4. The predicted octanol–water partition coefficient (Wildman–Crippen LogP) is 6.09. The predicted molar refractivity (Wildman–Crippen MR) is 121 cm³/mol. The Balaban J connectivity index is 1.53. The van der Waals surface area contributed by atoms with E-state index in [0.717, 1.165) is 12.1 Å². The fraction of sp³-hybridized carbons (Fsp3) is 0.231. The lowest BCUT2D eigenvalue weighted by Crippen LogP contribution is -2.32. The first-order valence-corrected chi connectivity index (χ1v) is 10.6. The molecule has 0 aromatic heterocycles. The fourth-order valence-corrected chi connectivity index (χ4v) is 3.00. The van der Waals surface area contributed by atoms with Gasteiger partial charge in [0.05, 0.1) is 12.7 Å². The maximum absolute atomic E-state index is 12.7. The molecule has 3 rings (SSSR count). The molecule has 0 amide bonds. The summed E-state index contributed by atoms with van der Waals surface area (Å²) in [6.45, 7) is 2.96. The highest BCUT2D eigenvalue weighted by Gasteiger charge is 2.30. The Hall–Kier alpha value is -4.01. The summed E-state index contributed by atoms with van der Waals surface area (Å²) in [5, 5.41) is 0. The van der Waals surface area contributed by atoms with Crippen molar-refractivity contribution in [1.29, 1.82) is 0 Å². The number of esters is 1. The van der Waals surface area contributed by atoms with Crippen molar-refractivity contribution in [1.82, 2.24) is 0 Å². The maximum Gasteiger partial charge on any atom is 0.416 e. The Kier molecular flexibility index (Phi) is 8.01. The molecule has 9 heteroatoms. The Morgan fingerprint density at radius 1 is 0.714 bits per heavy atom. The van der Waals surface area contributed by atoms with E-state index < -0.39 is 29.9 Å². The molecule has 2 unspecified atom stereocenters. The van der Waals surface area contributed by atoms with Gasteiger partial charge in [0.15, 0.2) is 12.2 Å². The van der Waals surface area contributed by atoms with Crippen molar-refractivity contribution in [3.8, 4) is 23.0 Å². The number of methoxy groups -OCH3 is 1. The molecule has 3 aromatic rings. The fourth-order valence-electron chi connectivity index (χ4n) is 3.00. The monoisotopic (exact) mass is 488 g/mol. The Labute approximate surface area is 200 Å². The van der Waals surface area contributed by atoms with Gasteiger partial charge in [0.25, 0.3) is 0 Å². The molecule has 0 aliphatic rings. The van der Waals surface area contributed by atoms with E-state index in [1.54, 1.807) is 36.4 Å². The number of hydrogen-bond acceptors (Lipinski definition) is 6. The van der Waals surface area contributed by atoms with Gasteiger partial charge in [-0.2, -0.15) is 13.2 Å². The second kappa shape index (κ2) is 10.9. The molecule has 3 aromatic carbocycles. The first-order valence-electron chi connectivity index (χ1n) is 10.6. The van der Waals surface area contributed by atoms with Crippen molar-refractivity contribution in [3.05, 3.63) is 83.9 Å². The molecule has 0 heterocycles. The van der Waals surface area contributed by atoms with Gasteiger partial charge in [-0.1, -0.05) is 0 Å². The van der Waals surface area contributed by atoms with Crippen LogP contribution in [0.3, 0.4) is 0 Å². The zero-order valence-corrected chi connectivity index (χ0v) is 19.2. The van der Waals surface area contributed by atoms with Gasteiger partial charge in [-0.25, -0.2) is 4.79 Å². The standard InChI is InChI=1S/C26H23F3O6/c1-16(24(30)18-4-8-20(32-3)9-5-18)34-25(31)17(2)33-21-12-14-23(15-13-21)35-22-10-6-19(7-11-22)26(27,28)29/h4-17H,1-3H3. The van der Waals surface area contributed by atoms with Gasteiger partial charge in [-0.3, -0.25) is 4.79 Å². The third-order valence-corrected chi connectivity index (χ3v) is 4.92. The van der Waals surface area contributed by atoms with E-state index >= 15 is 0 Å². The SMILES string of the molecule is COc1ccc(C(=O)C(C)OC(=O)C(C)Oc2ccc(Oc3ccc(C(F)(F)F)cc3)cc2)cc1. The number of ketones is 1. The van der Waals surface area contributed by atoms with Gasteiger partial charge >= 0.3 is 12.1 Å². The van der Waals surface area contributed by atoms with E-state index in [1.165, 1.54) is 45.2 Å². The third-order valence-electron chi connectivity index (χ3n) is 4.92. The minimum atomic E-state index is -4.42. The molecule has 184 valence electrons. The van der Waals surface area contributed by atoms with Gasteiger partial charge in [-0.05, 0) is 86.6 Å². The van der Waals surface area contributed by atoms with E-state index in [2.05, 4.69) is 0 Å². The quantitative estimate of drug-likeness (QED) is 0.268. The molecule has 0 spiro atoms. The summed E-state index contributed by atoms with van der Waals surface area (Å²) in [6.07, 6.45) is -6.43. The Morgan fingerprint density at radius 3 is 1.71 bits per heavy atom. The first-order chi connectivity index (χ1) is 16.6. The molecule has 0 saturated heterocycles. The van der Waals surface area contributed by atoms with Crippen molar-refractivity contribution < 1.29 is 41.7 Å². The maximum atomic E-state index is 12.7. The topological polar surface area (TPSA) is 71.1 Å². The number of carbonyl (C=O) groups is 2. The van der Waals surface area contributed by atoms with Gasteiger partial charge < -0.3 is 18.9 Å². The lowest BCUT2D eigenvalue weighted by Gasteiger charge is -2.17. The molecule has 0 N–H and O–H groups in total. The lowest BCUT2D eigenvalue weighted by molar-refractivity contribution is -0.153. The van der Waals surface area contributed by atoms with Crippen molar-refractivity contribution >= 4 is 11.8 Å². The zero-order valence-electron chi connectivity index (χ0n) is 19.2. The number of benzene rings is 3. The van der Waals surface area contributed by atoms with Crippen LogP contribution in [0.15, 0.2) is 72.8 Å². The van der Waals surface area contributed by atoms with Crippen LogP contribution in [-0.2, 0) is 15.7 Å². The average Bonchev–Trinajstić information content (AvgIpc) is 2.84. The van der Waals surface area contributed by atoms with Gasteiger partial charge in [0.2, 0.25) is 5.78 Å². The molecule has 0 fully saturated rings. The van der Waals surface area contributed by atoms with Crippen molar-refractivity contribution in [3.63, 3.8) is 0 Å². The smallest absolute Gasteiger partial charge is 0.416 e. The van der Waals surface area contributed by atoms with Crippen LogP contribution in [0.2, 0.25) is 0 Å². The molecule has 35 heavy (non-hydrogen) atoms. The molecular weight excluding hydrogens is 465 g/mol. The average molecular weight is 488 g/mol. The number of alkyl halides is 3. The second-order valence-electron chi connectivity index (χ2n) is 7.53. The van der Waals surface area contributed by atoms with Crippen LogP contribution >= 0.6 is 0 Å².